The maximum atomic E-state index is 13.5. The van der Waals surface area contributed by atoms with Gasteiger partial charge in [0.15, 0.2) is 0 Å². The molecule has 4 heterocycles. The average Bonchev–Trinajstić information content (AvgIpc) is 3.46. The van der Waals surface area contributed by atoms with Crippen molar-refractivity contribution in [2.45, 2.75) is 37.8 Å². The number of aromatic nitrogens is 4. The molecule has 1 saturated heterocycles. The highest BCUT2D eigenvalue weighted by Crippen LogP contribution is 2.32. The fraction of sp³-hybridized carbons (Fsp3) is 0.423. The third-order valence-corrected chi connectivity index (χ3v) is 7.09. The minimum atomic E-state index is -0.286. The highest BCUT2D eigenvalue weighted by molar-refractivity contribution is 6.06. The molecule has 0 atom stereocenters. The largest absolute Gasteiger partial charge is 0.494 e. The summed E-state index contributed by atoms with van der Waals surface area (Å²) in [5, 5.41) is 16.6. The van der Waals surface area contributed by atoms with Crippen LogP contribution in [-0.4, -0.2) is 64.7 Å². The molecule has 2 N–H and O–H groups in total. The van der Waals surface area contributed by atoms with Crippen LogP contribution in [0.1, 0.15) is 36.2 Å². The van der Waals surface area contributed by atoms with Crippen LogP contribution < -0.4 is 25.0 Å². The fourth-order valence-electron chi connectivity index (χ4n) is 5.08. The van der Waals surface area contributed by atoms with E-state index >= 15 is 0 Å². The zero-order valence-corrected chi connectivity index (χ0v) is 20.8. The normalized spacial score (nSPS) is 16.6. The van der Waals surface area contributed by atoms with Crippen LogP contribution in [0.3, 0.4) is 0 Å². The number of rotatable bonds is 7. The van der Waals surface area contributed by atoms with E-state index in [1.165, 1.54) is 12.8 Å². The number of nitrogens with zero attached hydrogens (tertiary/aromatic N) is 5. The van der Waals surface area contributed by atoms with Crippen LogP contribution in [0.4, 0.5) is 11.4 Å². The first-order chi connectivity index (χ1) is 17.5. The number of hydrogen-bond donors (Lipinski definition) is 2. The SMILES string of the molecule is COc1cc2c(N3CCC(NC4CC4)CC3)ccc(C(=O)Nc3cc4cn(C)nc4cc3OC)n2n1. The number of fused-ring (bicyclic) bond motifs is 2. The van der Waals surface area contributed by atoms with Crippen molar-refractivity contribution >= 4 is 33.7 Å². The summed E-state index contributed by atoms with van der Waals surface area (Å²) in [5.74, 6) is 0.727. The van der Waals surface area contributed by atoms with Gasteiger partial charge in [-0.05, 0) is 43.9 Å². The first-order valence-corrected chi connectivity index (χ1v) is 12.4. The van der Waals surface area contributed by atoms with E-state index in [1.54, 1.807) is 23.4 Å². The Kier molecular flexibility index (Phi) is 5.67. The minimum absolute atomic E-state index is 0.286. The summed E-state index contributed by atoms with van der Waals surface area (Å²) in [6.07, 6.45) is 6.72. The Labute approximate surface area is 209 Å². The number of hydrogen-bond acceptors (Lipinski definition) is 7. The molecular weight excluding hydrogens is 458 g/mol. The molecule has 1 aromatic carbocycles. The predicted octanol–water partition coefficient (Wildman–Crippen LogP) is 3.21. The highest BCUT2D eigenvalue weighted by Gasteiger charge is 2.28. The fourth-order valence-corrected chi connectivity index (χ4v) is 5.08. The first kappa shape index (κ1) is 22.7. The van der Waals surface area contributed by atoms with Crippen molar-refractivity contribution in [3.05, 3.63) is 42.2 Å². The number of carbonyl (C=O) groups excluding carboxylic acids is 1. The zero-order chi connectivity index (χ0) is 24.8. The summed E-state index contributed by atoms with van der Waals surface area (Å²) in [4.78, 5) is 15.8. The lowest BCUT2D eigenvalue weighted by Gasteiger charge is -2.34. The van der Waals surface area contributed by atoms with Crippen molar-refractivity contribution in [1.82, 2.24) is 24.7 Å². The second-order valence-electron chi connectivity index (χ2n) is 9.66. The Hall–Kier alpha value is -3.79. The molecule has 2 fully saturated rings. The second kappa shape index (κ2) is 9.02. The van der Waals surface area contributed by atoms with Crippen LogP contribution in [0.2, 0.25) is 0 Å². The van der Waals surface area contributed by atoms with E-state index in [0.29, 0.717) is 29.1 Å². The first-order valence-electron chi connectivity index (χ1n) is 12.4. The van der Waals surface area contributed by atoms with E-state index < -0.39 is 0 Å². The van der Waals surface area contributed by atoms with Gasteiger partial charge in [-0.2, -0.15) is 5.10 Å². The summed E-state index contributed by atoms with van der Waals surface area (Å²) in [5.41, 5.74) is 3.69. The molecule has 0 spiro atoms. The molecule has 1 aliphatic carbocycles. The van der Waals surface area contributed by atoms with Crippen molar-refractivity contribution in [2.24, 2.45) is 7.05 Å². The Bertz CT molecular complexity index is 1430. The van der Waals surface area contributed by atoms with Crippen LogP contribution >= 0.6 is 0 Å². The summed E-state index contributed by atoms with van der Waals surface area (Å²) in [7, 11) is 5.03. The van der Waals surface area contributed by atoms with Gasteiger partial charge < -0.3 is 25.0 Å². The van der Waals surface area contributed by atoms with Crippen molar-refractivity contribution < 1.29 is 14.3 Å². The molecule has 188 valence electrons. The molecule has 1 saturated carbocycles. The standard InChI is InChI=1S/C26H31N7O3/c1-31-15-16-12-20(24(35-2)13-19(16)29-31)28-26(34)22-7-6-21(23-14-25(36-3)30-33(22)23)32-10-8-18(9-11-32)27-17-4-5-17/h6-7,12-15,17-18,27H,4-5,8-11H2,1-3H3,(H,28,34). The lowest BCUT2D eigenvalue weighted by molar-refractivity contribution is 0.101. The van der Waals surface area contributed by atoms with Gasteiger partial charge in [-0.3, -0.25) is 9.48 Å². The third-order valence-electron chi connectivity index (χ3n) is 7.09. The molecule has 10 nitrogen and oxygen atoms in total. The van der Waals surface area contributed by atoms with E-state index in [9.17, 15) is 4.79 Å². The molecule has 0 radical (unpaired) electrons. The number of methoxy groups -OCH3 is 2. The van der Waals surface area contributed by atoms with Crippen molar-refractivity contribution in [1.29, 1.82) is 0 Å². The van der Waals surface area contributed by atoms with Gasteiger partial charge in [-0.25, -0.2) is 4.52 Å². The predicted molar refractivity (Wildman–Crippen MR) is 138 cm³/mol. The number of nitrogens with one attached hydrogen (secondary N) is 2. The van der Waals surface area contributed by atoms with Gasteiger partial charge in [0, 0.05) is 55.9 Å². The average molecular weight is 490 g/mol. The number of piperidine rings is 1. The van der Waals surface area contributed by atoms with Crippen molar-refractivity contribution in [2.75, 3.05) is 37.5 Å². The van der Waals surface area contributed by atoms with Crippen LogP contribution in [0.5, 0.6) is 11.6 Å². The number of benzene rings is 1. The Balaban J connectivity index is 1.29. The second-order valence-corrected chi connectivity index (χ2v) is 9.66. The monoisotopic (exact) mass is 489 g/mol. The molecular formula is C26H31N7O3. The van der Waals surface area contributed by atoms with Crippen molar-refractivity contribution in [3.63, 3.8) is 0 Å². The number of pyridine rings is 1. The topological polar surface area (TPSA) is 98.0 Å². The smallest absolute Gasteiger partial charge is 0.274 e. The van der Waals surface area contributed by atoms with Crippen molar-refractivity contribution in [3.8, 4) is 11.6 Å². The number of ether oxygens (including phenoxy) is 2. The van der Waals surface area contributed by atoms with Gasteiger partial charge in [0.25, 0.3) is 5.91 Å². The van der Waals surface area contributed by atoms with Crippen LogP contribution in [0.15, 0.2) is 36.5 Å². The lowest BCUT2D eigenvalue weighted by atomic mass is 10.0. The van der Waals surface area contributed by atoms with E-state index in [1.807, 2.05) is 43.6 Å². The number of carbonyl (C=O) groups is 1. The van der Waals surface area contributed by atoms with Gasteiger partial charge >= 0.3 is 0 Å². The molecule has 36 heavy (non-hydrogen) atoms. The Morgan fingerprint density at radius 2 is 1.78 bits per heavy atom. The quantitative estimate of drug-likeness (QED) is 0.411. The van der Waals surface area contributed by atoms with Crippen LogP contribution in [0.25, 0.3) is 16.4 Å². The summed E-state index contributed by atoms with van der Waals surface area (Å²) < 4.78 is 14.4. The molecule has 1 aliphatic heterocycles. The summed E-state index contributed by atoms with van der Waals surface area (Å²) in [6, 6.07) is 10.7. The number of amides is 1. The number of anilines is 2. The van der Waals surface area contributed by atoms with E-state index in [-0.39, 0.29) is 5.91 Å². The molecule has 2 aliphatic rings. The van der Waals surface area contributed by atoms with Gasteiger partial charge in [-0.15, -0.1) is 5.10 Å². The number of aryl methyl sites for hydroxylation is 1. The van der Waals surface area contributed by atoms with E-state index in [4.69, 9.17) is 9.47 Å². The zero-order valence-electron chi connectivity index (χ0n) is 20.8. The van der Waals surface area contributed by atoms with E-state index in [0.717, 1.165) is 54.1 Å². The molecule has 0 unspecified atom stereocenters. The third kappa shape index (κ3) is 4.21. The van der Waals surface area contributed by atoms with Gasteiger partial charge in [0.05, 0.1) is 36.6 Å². The summed E-state index contributed by atoms with van der Waals surface area (Å²) in [6.45, 7) is 1.92. The molecule has 0 bridgehead atoms. The van der Waals surface area contributed by atoms with E-state index in [2.05, 4.69) is 25.7 Å². The van der Waals surface area contributed by atoms with Gasteiger partial charge in [-0.1, -0.05) is 0 Å². The Morgan fingerprint density at radius 1 is 1.00 bits per heavy atom. The maximum absolute atomic E-state index is 13.5. The molecule has 3 aromatic heterocycles. The molecule has 4 aromatic rings. The van der Waals surface area contributed by atoms with Gasteiger partial charge in [0.2, 0.25) is 5.88 Å². The highest BCUT2D eigenvalue weighted by atomic mass is 16.5. The minimum Gasteiger partial charge on any atom is -0.494 e. The van der Waals surface area contributed by atoms with Crippen LogP contribution in [0, 0.1) is 0 Å². The van der Waals surface area contributed by atoms with Crippen LogP contribution in [-0.2, 0) is 7.05 Å². The Morgan fingerprint density at radius 3 is 2.50 bits per heavy atom. The lowest BCUT2D eigenvalue weighted by Crippen LogP contribution is -2.43. The maximum Gasteiger partial charge on any atom is 0.274 e. The molecule has 10 heteroatoms. The summed E-state index contributed by atoms with van der Waals surface area (Å²) >= 11 is 0. The molecule has 6 rings (SSSR count). The van der Waals surface area contributed by atoms with Gasteiger partial charge in [0.1, 0.15) is 11.4 Å². The molecule has 1 amide bonds.